The van der Waals surface area contributed by atoms with Crippen LogP contribution in [0, 0.1) is 0 Å². The summed E-state index contributed by atoms with van der Waals surface area (Å²) in [5.74, 6) is 0. The summed E-state index contributed by atoms with van der Waals surface area (Å²) in [6.45, 7) is 7.10. The van der Waals surface area contributed by atoms with Crippen molar-refractivity contribution in [1.82, 2.24) is 15.1 Å². The molecule has 1 fully saturated rings. The lowest BCUT2D eigenvalue weighted by Gasteiger charge is -2.29. The molecule has 19 heavy (non-hydrogen) atoms. The molecule has 1 heterocycles. The second-order valence-electron chi connectivity index (χ2n) is 5.44. The standard InChI is InChI=1S/C15H27N3O/c1-3-9-16-14-5-7-15(8-6-14)19-12-13-10-17-18(4-2)11-13/h10-11,14-16H,3-9,12H2,1-2H3. The third-order valence-electron chi connectivity index (χ3n) is 3.85. The lowest BCUT2D eigenvalue weighted by molar-refractivity contribution is 0.0113. The van der Waals surface area contributed by atoms with E-state index in [1.807, 2.05) is 10.9 Å². The second kappa shape index (κ2) is 7.65. The highest BCUT2D eigenvalue weighted by Crippen LogP contribution is 2.22. The third kappa shape index (κ3) is 4.62. The molecular formula is C15H27N3O. The van der Waals surface area contributed by atoms with Crippen molar-refractivity contribution in [2.75, 3.05) is 6.54 Å². The molecule has 1 aromatic heterocycles. The zero-order valence-electron chi connectivity index (χ0n) is 12.3. The minimum Gasteiger partial charge on any atom is -0.373 e. The summed E-state index contributed by atoms with van der Waals surface area (Å²) >= 11 is 0. The summed E-state index contributed by atoms with van der Waals surface area (Å²) in [6.07, 6.45) is 10.5. The van der Waals surface area contributed by atoms with Crippen molar-refractivity contribution in [2.24, 2.45) is 0 Å². The van der Waals surface area contributed by atoms with Crippen LogP contribution < -0.4 is 5.32 Å². The van der Waals surface area contributed by atoms with Gasteiger partial charge in [-0.15, -0.1) is 0 Å². The Labute approximate surface area is 116 Å². The Morgan fingerprint density at radius 2 is 2.11 bits per heavy atom. The maximum Gasteiger partial charge on any atom is 0.0751 e. The molecule has 0 spiro atoms. The largest absolute Gasteiger partial charge is 0.373 e. The SMILES string of the molecule is CCCNC1CCC(OCc2cnn(CC)c2)CC1. The Kier molecular flexibility index (Phi) is 5.86. The van der Waals surface area contributed by atoms with Gasteiger partial charge in [-0.25, -0.2) is 0 Å². The van der Waals surface area contributed by atoms with Gasteiger partial charge in [-0.1, -0.05) is 6.92 Å². The van der Waals surface area contributed by atoms with Gasteiger partial charge in [-0.05, 0) is 45.6 Å². The van der Waals surface area contributed by atoms with Gasteiger partial charge in [-0.2, -0.15) is 5.10 Å². The number of nitrogens with one attached hydrogen (secondary N) is 1. The van der Waals surface area contributed by atoms with Crippen molar-refractivity contribution < 1.29 is 4.74 Å². The maximum absolute atomic E-state index is 6.00. The van der Waals surface area contributed by atoms with E-state index in [-0.39, 0.29) is 0 Å². The number of hydrogen-bond acceptors (Lipinski definition) is 3. The molecule has 108 valence electrons. The average molecular weight is 265 g/mol. The van der Waals surface area contributed by atoms with E-state index in [9.17, 15) is 0 Å². The molecule has 0 saturated heterocycles. The molecule has 4 nitrogen and oxygen atoms in total. The second-order valence-corrected chi connectivity index (χ2v) is 5.44. The lowest BCUT2D eigenvalue weighted by Crippen LogP contribution is -2.35. The van der Waals surface area contributed by atoms with E-state index in [2.05, 4.69) is 30.5 Å². The summed E-state index contributed by atoms with van der Waals surface area (Å²) in [6, 6.07) is 0.711. The Balaban J connectivity index is 1.65. The zero-order chi connectivity index (χ0) is 13.5. The van der Waals surface area contributed by atoms with Crippen molar-refractivity contribution in [3.8, 4) is 0 Å². The van der Waals surface area contributed by atoms with Gasteiger partial charge in [0.15, 0.2) is 0 Å². The van der Waals surface area contributed by atoms with E-state index >= 15 is 0 Å². The molecule has 0 unspecified atom stereocenters. The van der Waals surface area contributed by atoms with Crippen LogP contribution in [0.25, 0.3) is 0 Å². The summed E-state index contributed by atoms with van der Waals surface area (Å²) < 4.78 is 7.95. The fourth-order valence-electron chi connectivity index (χ4n) is 2.65. The van der Waals surface area contributed by atoms with Crippen LogP contribution in [0.15, 0.2) is 12.4 Å². The predicted molar refractivity (Wildman–Crippen MR) is 77.0 cm³/mol. The molecule has 1 aromatic rings. The third-order valence-corrected chi connectivity index (χ3v) is 3.85. The molecule has 1 N–H and O–H groups in total. The quantitative estimate of drug-likeness (QED) is 0.824. The summed E-state index contributed by atoms with van der Waals surface area (Å²) in [7, 11) is 0. The average Bonchev–Trinajstić information content (AvgIpc) is 2.92. The number of nitrogens with zero attached hydrogens (tertiary/aromatic N) is 2. The van der Waals surface area contributed by atoms with Gasteiger partial charge < -0.3 is 10.1 Å². The fourth-order valence-corrected chi connectivity index (χ4v) is 2.65. The normalized spacial score (nSPS) is 23.7. The Morgan fingerprint density at radius 1 is 1.32 bits per heavy atom. The van der Waals surface area contributed by atoms with E-state index in [0.717, 1.165) is 13.1 Å². The molecular weight excluding hydrogens is 238 g/mol. The molecule has 1 aliphatic rings. The van der Waals surface area contributed by atoms with Crippen molar-refractivity contribution in [2.45, 2.75) is 71.2 Å². The molecule has 0 aliphatic heterocycles. The fraction of sp³-hybridized carbons (Fsp3) is 0.800. The molecule has 0 atom stereocenters. The highest BCUT2D eigenvalue weighted by atomic mass is 16.5. The van der Waals surface area contributed by atoms with E-state index in [4.69, 9.17) is 4.74 Å². The highest BCUT2D eigenvalue weighted by molar-refractivity contribution is 5.01. The van der Waals surface area contributed by atoms with Crippen LogP contribution in [0.2, 0.25) is 0 Å². The van der Waals surface area contributed by atoms with E-state index in [0.29, 0.717) is 18.8 Å². The van der Waals surface area contributed by atoms with Gasteiger partial charge in [0, 0.05) is 24.3 Å². The Morgan fingerprint density at radius 3 is 2.74 bits per heavy atom. The molecule has 2 rings (SSSR count). The first-order valence-electron chi connectivity index (χ1n) is 7.68. The summed E-state index contributed by atoms with van der Waals surface area (Å²) in [5.41, 5.74) is 1.19. The van der Waals surface area contributed by atoms with Gasteiger partial charge in [0.1, 0.15) is 0 Å². The van der Waals surface area contributed by atoms with Crippen LogP contribution in [-0.4, -0.2) is 28.5 Å². The van der Waals surface area contributed by atoms with Crippen molar-refractivity contribution >= 4 is 0 Å². The summed E-state index contributed by atoms with van der Waals surface area (Å²) in [4.78, 5) is 0. The van der Waals surface area contributed by atoms with Gasteiger partial charge >= 0.3 is 0 Å². The first kappa shape index (κ1) is 14.5. The van der Waals surface area contributed by atoms with Crippen LogP contribution in [0.4, 0.5) is 0 Å². The predicted octanol–water partition coefficient (Wildman–Crippen LogP) is 2.73. The van der Waals surface area contributed by atoms with E-state index < -0.39 is 0 Å². The topological polar surface area (TPSA) is 39.1 Å². The lowest BCUT2D eigenvalue weighted by atomic mass is 9.93. The number of hydrogen-bond donors (Lipinski definition) is 1. The summed E-state index contributed by atoms with van der Waals surface area (Å²) in [5, 5.41) is 7.88. The number of rotatable bonds is 7. The molecule has 1 aliphatic carbocycles. The first-order valence-corrected chi connectivity index (χ1v) is 7.68. The molecule has 1 saturated carbocycles. The van der Waals surface area contributed by atoms with Gasteiger partial charge in [-0.3, -0.25) is 4.68 Å². The van der Waals surface area contributed by atoms with Crippen molar-refractivity contribution in [1.29, 1.82) is 0 Å². The van der Waals surface area contributed by atoms with Crippen LogP contribution >= 0.6 is 0 Å². The van der Waals surface area contributed by atoms with Crippen LogP contribution in [0.3, 0.4) is 0 Å². The van der Waals surface area contributed by atoms with Crippen molar-refractivity contribution in [3.05, 3.63) is 18.0 Å². The van der Waals surface area contributed by atoms with E-state index in [1.54, 1.807) is 0 Å². The Hall–Kier alpha value is -0.870. The van der Waals surface area contributed by atoms with Gasteiger partial charge in [0.25, 0.3) is 0 Å². The number of aryl methyl sites for hydroxylation is 1. The van der Waals surface area contributed by atoms with Crippen molar-refractivity contribution in [3.63, 3.8) is 0 Å². The minimum atomic E-state index is 0.435. The van der Waals surface area contributed by atoms with E-state index in [1.165, 1.54) is 37.7 Å². The first-order chi connectivity index (χ1) is 9.31. The molecule has 0 aromatic carbocycles. The van der Waals surface area contributed by atoms with Gasteiger partial charge in [0.2, 0.25) is 0 Å². The van der Waals surface area contributed by atoms with Crippen LogP contribution in [0.5, 0.6) is 0 Å². The number of ether oxygens (including phenoxy) is 1. The molecule has 0 amide bonds. The van der Waals surface area contributed by atoms with Crippen LogP contribution in [-0.2, 0) is 17.9 Å². The number of aromatic nitrogens is 2. The zero-order valence-corrected chi connectivity index (χ0v) is 12.3. The molecule has 0 radical (unpaired) electrons. The van der Waals surface area contributed by atoms with Gasteiger partial charge in [0.05, 0.1) is 18.9 Å². The highest BCUT2D eigenvalue weighted by Gasteiger charge is 2.21. The Bertz CT molecular complexity index is 356. The molecule has 4 heteroatoms. The minimum absolute atomic E-state index is 0.435. The maximum atomic E-state index is 6.00. The monoisotopic (exact) mass is 265 g/mol. The molecule has 0 bridgehead atoms. The van der Waals surface area contributed by atoms with Crippen LogP contribution in [0.1, 0.15) is 51.5 Å². The smallest absolute Gasteiger partial charge is 0.0751 e.